The molecule has 0 fully saturated rings. The largest absolute Gasteiger partial charge is 0.493 e. The van der Waals surface area contributed by atoms with E-state index in [0.717, 1.165) is 10.6 Å². The summed E-state index contributed by atoms with van der Waals surface area (Å²) in [6, 6.07) is 7.51. The Kier molecular flexibility index (Phi) is 8.36. The Bertz CT molecular complexity index is 1080. The molecule has 10 heteroatoms. The van der Waals surface area contributed by atoms with Gasteiger partial charge in [0.2, 0.25) is 5.91 Å². The molecule has 2 atom stereocenters. The van der Waals surface area contributed by atoms with Gasteiger partial charge in [0.05, 0.1) is 18.1 Å². The number of nitrogens with one attached hydrogen (secondary N) is 1. The summed E-state index contributed by atoms with van der Waals surface area (Å²) in [6.45, 7) is 12.7. The van der Waals surface area contributed by atoms with Crippen molar-refractivity contribution in [2.75, 3.05) is 12.4 Å². The molecule has 8 nitrogen and oxygen atoms in total. The van der Waals surface area contributed by atoms with Gasteiger partial charge >= 0.3 is 0 Å². The number of nitrogens with zero attached hydrogens (tertiary/aromatic N) is 4. The Hall–Kier alpha value is -2.59. The van der Waals surface area contributed by atoms with Gasteiger partial charge in [0.15, 0.2) is 33.7 Å². The van der Waals surface area contributed by atoms with E-state index in [-0.39, 0.29) is 17.3 Å². The highest BCUT2D eigenvalue weighted by atomic mass is 32.2. The lowest BCUT2D eigenvalue weighted by Crippen LogP contribution is -2.23. The van der Waals surface area contributed by atoms with Gasteiger partial charge in [0, 0.05) is 11.4 Å². The van der Waals surface area contributed by atoms with Crippen molar-refractivity contribution in [3.8, 4) is 11.5 Å². The van der Waals surface area contributed by atoms with E-state index < -0.39 is 0 Å². The maximum Gasteiger partial charge on any atom is 0.239 e. The quantitative estimate of drug-likeness (QED) is 0.388. The number of para-hydroxylation sites is 2. The van der Waals surface area contributed by atoms with Crippen molar-refractivity contribution < 1.29 is 14.3 Å². The number of aromatic nitrogens is 4. The van der Waals surface area contributed by atoms with Crippen molar-refractivity contribution in [1.82, 2.24) is 19.7 Å². The number of amides is 1. The first kappa shape index (κ1) is 25.0. The number of carbonyl (C=O) groups is 1. The molecule has 1 amide bonds. The number of carbonyl (C=O) groups excluding carboxylic acids is 1. The molecule has 0 aliphatic rings. The van der Waals surface area contributed by atoms with E-state index in [4.69, 9.17) is 9.47 Å². The number of aryl methyl sites for hydroxylation is 2. The van der Waals surface area contributed by atoms with Gasteiger partial charge in [-0.3, -0.25) is 4.79 Å². The molecule has 3 aromatic rings. The average Bonchev–Trinajstić information content (AvgIpc) is 3.29. The maximum absolute atomic E-state index is 12.8. The van der Waals surface area contributed by atoms with E-state index >= 15 is 0 Å². The Morgan fingerprint density at radius 2 is 1.85 bits per heavy atom. The Morgan fingerprint density at radius 1 is 1.15 bits per heavy atom. The first-order valence-electron chi connectivity index (χ1n) is 10.8. The van der Waals surface area contributed by atoms with Crippen LogP contribution in [-0.4, -0.2) is 38.0 Å². The SMILES string of the molecule is COc1ccccc1OC(C)c1nnc(SC(C)C(=O)Nc2nc(C)c(C)s2)n1CC(C)C. The third-order valence-corrected chi connectivity index (χ3v) is 7.01. The predicted molar refractivity (Wildman–Crippen MR) is 132 cm³/mol. The van der Waals surface area contributed by atoms with Gasteiger partial charge in [-0.25, -0.2) is 4.98 Å². The maximum atomic E-state index is 12.8. The lowest BCUT2D eigenvalue weighted by Gasteiger charge is -2.19. The van der Waals surface area contributed by atoms with Crippen molar-refractivity contribution in [2.45, 2.75) is 64.6 Å². The van der Waals surface area contributed by atoms with Crippen molar-refractivity contribution in [3.05, 3.63) is 40.7 Å². The van der Waals surface area contributed by atoms with Gasteiger partial charge in [-0.15, -0.1) is 21.5 Å². The lowest BCUT2D eigenvalue weighted by molar-refractivity contribution is -0.115. The van der Waals surface area contributed by atoms with Gasteiger partial charge in [0.25, 0.3) is 0 Å². The zero-order valence-corrected chi connectivity index (χ0v) is 21.7. The van der Waals surface area contributed by atoms with Crippen molar-refractivity contribution >= 4 is 34.1 Å². The Labute approximate surface area is 203 Å². The lowest BCUT2D eigenvalue weighted by atomic mass is 10.2. The van der Waals surface area contributed by atoms with E-state index in [9.17, 15) is 4.79 Å². The van der Waals surface area contributed by atoms with E-state index in [1.807, 2.05) is 56.5 Å². The molecule has 0 bridgehead atoms. The smallest absolute Gasteiger partial charge is 0.239 e. The molecule has 2 unspecified atom stereocenters. The van der Waals surface area contributed by atoms with Crippen LogP contribution in [0.1, 0.15) is 50.2 Å². The van der Waals surface area contributed by atoms with Crippen LogP contribution in [0.25, 0.3) is 0 Å². The summed E-state index contributed by atoms with van der Waals surface area (Å²) in [5.74, 6) is 2.25. The fourth-order valence-corrected chi connectivity index (χ4v) is 4.81. The minimum Gasteiger partial charge on any atom is -0.493 e. The molecule has 0 saturated carbocycles. The molecular weight excluding hydrogens is 458 g/mol. The molecule has 1 N–H and O–H groups in total. The highest BCUT2D eigenvalue weighted by Crippen LogP contribution is 2.32. The zero-order chi connectivity index (χ0) is 24.1. The predicted octanol–water partition coefficient (Wildman–Crippen LogP) is 5.28. The minimum absolute atomic E-state index is 0.118. The highest BCUT2D eigenvalue weighted by molar-refractivity contribution is 8.00. The van der Waals surface area contributed by atoms with Crippen LogP contribution in [0.15, 0.2) is 29.4 Å². The number of methoxy groups -OCH3 is 1. The van der Waals surface area contributed by atoms with E-state index in [0.29, 0.717) is 40.1 Å². The molecule has 33 heavy (non-hydrogen) atoms. The summed E-state index contributed by atoms with van der Waals surface area (Å²) in [6.07, 6.45) is -0.354. The van der Waals surface area contributed by atoms with Crippen LogP contribution in [0.3, 0.4) is 0 Å². The number of thiazole rings is 1. The molecule has 0 saturated heterocycles. The van der Waals surface area contributed by atoms with Crippen molar-refractivity contribution in [1.29, 1.82) is 0 Å². The number of benzene rings is 1. The van der Waals surface area contributed by atoms with E-state index in [1.165, 1.54) is 23.1 Å². The average molecular weight is 490 g/mol. The first-order valence-corrected chi connectivity index (χ1v) is 12.5. The normalized spacial score (nSPS) is 13.1. The summed E-state index contributed by atoms with van der Waals surface area (Å²) >= 11 is 2.85. The molecule has 0 aliphatic carbocycles. The first-order chi connectivity index (χ1) is 15.7. The molecule has 3 rings (SSSR count). The summed E-state index contributed by atoms with van der Waals surface area (Å²) in [5.41, 5.74) is 0.931. The van der Waals surface area contributed by atoms with E-state index in [1.54, 1.807) is 7.11 Å². The zero-order valence-electron chi connectivity index (χ0n) is 20.1. The Morgan fingerprint density at radius 3 is 2.45 bits per heavy atom. The van der Waals surface area contributed by atoms with Crippen LogP contribution in [0.2, 0.25) is 0 Å². The monoisotopic (exact) mass is 489 g/mol. The highest BCUT2D eigenvalue weighted by Gasteiger charge is 2.25. The third-order valence-electron chi connectivity index (χ3n) is 4.94. The molecule has 1 aromatic carbocycles. The second kappa shape index (κ2) is 11.0. The second-order valence-corrected chi connectivity index (χ2v) is 10.7. The standard InChI is InChI=1S/C23H31N5O3S2/c1-13(2)12-28-20(15(4)31-19-11-9-8-10-18(19)30-7)26-27-23(28)33-17(6)21(29)25-22-24-14(3)16(5)32-22/h8-11,13,15,17H,12H2,1-7H3,(H,24,25,29). The number of anilines is 1. The molecule has 0 spiro atoms. The van der Waals surface area contributed by atoms with Crippen molar-refractivity contribution in [3.63, 3.8) is 0 Å². The van der Waals surface area contributed by atoms with Crippen LogP contribution in [-0.2, 0) is 11.3 Å². The summed E-state index contributed by atoms with van der Waals surface area (Å²) < 4.78 is 13.6. The molecular formula is C23H31N5O3S2. The summed E-state index contributed by atoms with van der Waals surface area (Å²) in [5, 5.41) is 12.6. The van der Waals surface area contributed by atoms with Crippen molar-refractivity contribution in [2.24, 2.45) is 5.92 Å². The van der Waals surface area contributed by atoms with E-state index in [2.05, 4.69) is 34.3 Å². The minimum atomic E-state index is -0.372. The van der Waals surface area contributed by atoms with Crippen LogP contribution < -0.4 is 14.8 Å². The fraction of sp³-hybridized carbons (Fsp3) is 0.478. The van der Waals surface area contributed by atoms with Gasteiger partial charge in [-0.05, 0) is 45.7 Å². The van der Waals surface area contributed by atoms with Crippen LogP contribution in [0.5, 0.6) is 11.5 Å². The fourth-order valence-electron chi connectivity index (χ4n) is 3.13. The number of ether oxygens (including phenoxy) is 2. The van der Waals surface area contributed by atoms with Crippen LogP contribution >= 0.6 is 23.1 Å². The molecule has 2 heterocycles. The molecule has 2 aromatic heterocycles. The van der Waals surface area contributed by atoms with Crippen LogP contribution in [0, 0.1) is 19.8 Å². The van der Waals surface area contributed by atoms with Gasteiger partial charge < -0.3 is 19.4 Å². The van der Waals surface area contributed by atoms with Gasteiger partial charge in [-0.1, -0.05) is 37.7 Å². The molecule has 178 valence electrons. The number of hydrogen-bond acceptors (Lipinski definition) is 8. The molecule has 0 radical (unpaired) electrons. The Balaban J connectivity index is 1.77. The van der Waals surface area contributed by atoms with Gasteiger partial charge in [-0.2, -0.15) is 0 Å². The van der Waals surface area contributed by atoms with Gasteiger partial charge in [0.1, 0.15) is 0 Å². The topological polar surface area (TPSA) is 91.2 Å². The summed E-state index contributed by atoms with van der Waals surface area (Å²) in [7, 11) is 1.61. The number of hydrogen-bond donors (Lipinski definition) is 1. The van der Waals surface area contributed by atoms with Crippen LogP contribution in [0.4, 0.5) is 5.13 Å². The summed E-state index contributed by atoms with van der Waals surface area (Å²) in [4.78, 5) is 18.3. The second-order valence-electron chi connectivity index (χ2n) is 8.17. The number of thioether (sulfide) groups is 1. The molecule has 0 aliphatic heterocycles. The number of rotatable bonds is 10. The third kappa shape index (κ3) is 6.26.